The summed E-state index contributed by atoms with van der Waals surface area (Å²) in [4.78, 5) is 31.5. The maximum atomic E-state index is 14.0. The summed E-state index contributed by atoms with van der Waals surface area (Å²) in [6, 6.07) is 4.78. The summed E-state index contributed by atoms with van der Waals surface area (Å²) < 4.78 is 19.8. The van der Waals surface area contributed by atoms with E-state index < -0.39 is 0 Å². The zero-order chi connectivity index (χ0) is 20.5. The number of ether oxygens (including phenoxy) is 1. The number of carbonyl (C=O) groups is 2. The molecule has 0 saturated carbocycles. The number of fused-ring (bicyclic) bond motifs is 1. The number of hydrogen-bond donors (Lipinski definition) is 2. The van der Waals surface area contributed by atoms with Crippen LogP contribution in [0.5, 0.6) is 0 Å². The Hall–Kier alpha value is -2.45. The van der Waals surface area contributed by atoms with E-state index in [1.165, 1.54) is 6.07 Å². The Morgan fingerprint density at radius 2 is 1.97 bits per heavy atom. The summed E-state index contributed by atoms with van der Waals surface area (Å²) >= 11 is 0. The van der Waals surface area contributed by atoms with Gasteiger partial charge in [0.25, 0.3) is 5.91 Å². The molecular formula is C21H27FN4O3. The minimum Gasteiger partial charge on any atom is -0.378 e. The van der Waals surface area contributed by atoms with Crippen LogP contribution in [0.4, 0.5) is 4.39 Å². The van der Waals surface area contributed by atoms with Crippen LogP contribution in [0.1, 0.15) is 29.4 Å². The van der Waals surface area contributed by atoms with E-state index in [2.05, 4.69) is 15.2 Å². The van der Waals surface area contributed by atoms with E-state index in [-0.39, 0.29) is 29.7 Å². The number of aromatic nitrogens is 1. The largest absolute Gasteiger partial charge is 0.378 e. The summed E-state index contributed by atoms with van der Waals surface area (Å²) in [6.45, 7) is 7.65. The van der Waals surface area contributed by atoms with Crippen LogP contribution in [0.3, 0.4) is 0 Å². The van der Waals surface area contributed by atoms with E-state index in [9.17, 15) is 14.0 Å². The summed E-state index contributed by atoms with van der Waals surface area (Å²) in [7, 11) is 0. The zero-order valence-corrected chi connectivity index (χ0v) is 16.8. The predicted octanol–water partition coefficient (Wildman–Crippen LogP) is 1.67. The van der Waals surface area contributed by atoms with Gasteiger partial charge in [-0.05, 0) is 31.0 Å². The van der Waals surface area contributed by atoms with Gasteiger partial charge in [0, 0.05) is 44.5 Å². The first-order valence-electron chi connectivity index (χ1n) is 10.1. The highest BCUT2D eigenvalue weighted by Gasteiger charge is 2.31. The average molecular weight is 402 g/mol. The van der Waals surface area contributed by atoms with Crippen molar-refractivity contribution in [3.05, 3.63) is 35.3 Å². The highest BCUT2D eigenvalue weighted by atomic mass is 19.1. The fourth-order valence-corrected chi connectivity index (χ4v) is 4.28. The molecule has 4 rings (SSSR count). The molecule has 3 heterocycles. The first kappa shape index (κ1) is 19.8. The van der Waals surface area contributed by atoms with Crippen LogP contribution in [0.15, 0.2) is 18.2 Å². The molecule has 2 amide bonds. The van der Waals surface area contributed by atoms with Gasteiger partial charge in [-0.15, -0.1) is 0 Å². The molecule has 8 heteroatoms. The van der Waals surface area contributed by atoms with Crippen LogP contribution in [0.25, 0.3) is 10.9 Å². The molecule has 2 aliphatic rings. The molecule has 0 bridgehead atoms. The third-order valence-electron chi connectivity index (χ3n) is 5.99. The molecule has 1 aromatic heterocycles. The maximum absolute atomic E-state index is 14.0. The average Bonchev–Trinajstić information content (AvgIpc) is 3.18. The number of benzene rings is 1. The van der Waals surface area contributed by atoms with E-state index in [0.717, 1.165) is 38.2 Å². The number of amides is 2. The third kappa shape index (κ3) is 4.13. The third-order valence-corrected chi connectivity index (χ3v) is 5.99. The van der Waals surface area contributed by atoms with Crippen LogP contribution < -0.4 is 5.32 Å². The molecule has 0 radical (unpaired) electrons. The van der Waals surface area contributed by atoms with Gasteiger partial charge < -0.3 is 19.9 Å². The van der Waals surface area contributed by atoms with E-state index in [0.29, 0.717) is 29.8 Å². The lowest BCUT2D eigenvalue weighted by Crippen LogP contribution is -2.56. The second kappa shape index (κ2) is 8.12. The van der Waals surface area contributed by atoms with Crippen molar-refractivity contribution in [3.63, 3.8) is 0 Å². The molecule has 156 valence electrons. The molecule has 2 aliphatic heterocycles. The van der Waals surface area contributed by atoms with Gasteiger partial charge in [-0.2, -0.15) is 0 Å². The summed E-state index contributed by atoms with van der Waals surface area (Å²) in [6.07, 6.45) is 0.791. The minimum atomic E-state index is -0.341. The number of nitrogens with zero attached hydrogens (tertiary/aromatic N) is 2. The van der Waals surface area contributed by atoms with Crippen LogP contribution >= 0.6 is 0 Å². The smallest absolute Gasteiger partial charge is 0.268 e. The molecular weight excluding hydrogens is 375 g/mol. The number of aromatic amines is 1. The second-order valence-corrected chi connectivity index (χ2v) is 7.98. The molecule has 2 atom stereocenters. The van der Waals surface area contributed by atoms with Crippen molar-refractivity contribution in [2.75, 3.05) is 39.4 Å². The SMILES string of the molecule is CC(=O)N1CCN(C2COCC(NC(=O)c3cc4c(F)ccc(C)c4[nH]3)C2)CC1. The van der Waals surface area contributed by atoms with Crippen LogP contribution in [-0.2, 0) is 9.53 Å². The Kier molecular flexibility index (Phi) is 5.56. The van der Waals surface area contributed by atoms with E-state index in [1.807, 2.05) is 11.8 Å². The topological polar surface area (TPSA) is 77.7 Å². The fourth-order valence-electron chi connectivity index (χ4n) is 4.28. The van der Waals surface area contributed by atoms with Crippen LogP contribution in [-0.4, -0.2) is 78.1 Å². The van der Waals surface area contributed by atoms with Gasteiger partial charge in [0.15, 0.2) is 0 Å². The normalized spacial score (nSPS) is 23.3. The van der Waals surface area contributed by atoms with Gasteiger partial charge in [0.2, 0.25) is 5.91 Å². The number of rotatable bonds is 3. The summed E-state index contributed by atoms with van der Waals surface area (Å²) in [5.74, 6) is -0.484. The first-order valence-corrected chi connectivity index (χ1v) is 10.1. The Labute approximate surface area is 169 Å². The zero-order valence-electron chi connectivity index (χ0n) is 16.8. The van der Waals surface area contributed by atoms with Gasteiger partial charge in [0.1, 0.15) is 11.5 Å². The van der Waals surface area contributed by atoms with Crippen molar-refractivity contribution in [2.45, 2.75) is 32.4 Å². The molecule has 1 aromatic carbocycles. The maximum Gasteiger partial charge on any atom is 0.268 e. The summed E-state index contributed by atoms with van der Waals surface area (Å²) in [5.41, 5.74) is 1.90. The Morgan fingerprint density at radius 1 is 1.21 bits per heavy atom. The van der Waals surface area contributed by atoms with Gasteiger partial charge in [-0.1, -0.05) is 6.07 Å². The van der Waals surface area contributed by atoms with Crippen molar-refractivity contribution in [1.29, 1.82) is 0 Å². The quantitative estimate of drug-likeness (QED) is 0.819. The molecule has 0 aliphatic carbocycles. The van der Waals surface area contributed by atoms with E-state index in [4.69, 9.17) is 4.74 Å². The lowest BCUT2D eigenvalue weighted by Gasteiger charge is -2.42. The lowest BCUT2D eigenvalue weighted by molar-refractivity contribution is -0.131. The van der Waals surface area contributed by atoms with E-state index in [1.54, 1.807) is 19.1 Å². The Balaban J connectivity index is 1.38. The monoisotopic (exact) mass is 402 g/mol. The number of nitrogens with one attached hydrogen (secondary N) is 2. The summed E-state index contributed by atoms with van der Waals surface area (Å²) in [5, 5.41) is 3.45. The number of hydrogen-bond acceptors (Lipinski definition) is 4. The second-order valence-electron chi connectivity index (χ2n) is 7.98. The fraction of sp³-hybridized carbons (Fsp3) is 0.524. The Bertz CT molecular complexity index is 881. The van der Waals surface area contributed by atoms with Gasteiger partial charge >= 0.3 is 0 Å². The van der Waals surface area contributed by atoms with Crippen molar-refractivity contribution in [2.24, 2.45) is 0 Å². The first-order chi connectivity index (χ1) is 13.9. The lowest BCUT2D eigenvalue weighted by atomic mass is 10.0. The highest BCUT2D eigenvalue weighted by Crippen LogP contribution is 2.23. The molecule has 7 nitrogen and oxygen atoms in total. The number of carbonyl (C=O) groups excluding carboxylic acids is 2. The van der Waals surface area contributed by atoms with Crippen molar-refractivity contribution in [1.82, 2.24) is 20.1 Å². The van der Waals surface area contributed by atoms with Crippen molar-refractivity contribution >= 4 is 22.7 Å². The van der Waals surface area contributed by atoms with Gasteiger partial charge in [0.05, 0.1) is 24.8 Å². The number of halogens is 1. The van der Waals surface area contributed by atoms with Crippen molar-refractivity contribution < 1.29 is 18.7 Å². The molecule has 2 saturated heterocycles. The van der Waals surface area contributed by atoms with E-state index >= 15 is 0 Å². The minimum absolute atomic E-state index is 0.107. The number of H-pyrrole nitrogens is 1. The molecule has 2 aromatic rings. The van der Waals surface area contributed by atoms with Gasteiger partial charge in [-0.25, -0.2) is 4.39 Å². The standard InChI is InChI=1S/C21H27FN4O3/c1-13-3-4-18(22)17-10-19(24-20(13)17)21(28)23-15-9-16(12-29-11-15)26-7-5-25(6-8-26)14(2)27/h3-4,10,15-16,24H,5-9,11-12H2,1-2H3,(H,23,28). The molecule has 2 unspecified atom stereocenters. The van der Waals surface area contributed by atoms with Crippen molar-refractivity contribution in [3.8, 4) is 0 Å². The van der Waals surface area contributed by atoms with Crippen LogP contribution in [0.2, 0.25) is 0 Å². The molecule has 2 N–H and O–H groups in total. The molecule has 2 fully saturated rings. The van der Waals surface area contributed by atoms with Gasteiger partial charge in [-0.3, -0.25) is 14.5 Å². The highest BCUT2D eigenvalue weighted by molar-refractivity contribution is 5.99. The number of piperazine rings is 1. The van der Waals surface area contributed by atoms with Crippen LogP contribution in [0, 0.1) is 12.7 Å². The molecule has 29 heavy (non-hydrogen) atoms. The molecule has 0 spiro atoms. The predicted molar refractivity (Wildman–Crippen MR) is 107 cm³/mol. The number of aryl methyl sites for hydroxylation is 1. The Morgan fingerprint density at radius 3 is 2.66 bits per heavy atom.